The SMILES string of the molecule is O=C(O)COc1cccc(NC(=O)C2CC2c2ccccc2C(F)(F)F)c1. The number of ether oxygens (including phenoxy) is 1. The number of hydrogen-bond acceptors (Lipinski definition) is 3. The minimum Gasteiger partial charge on any atom is -0.482 e. The maximum atomic E-state index is 13.1. The van der Waals surface area contributed by atoms with Crippen LogP contribution in [0.3, 0.4) is 0 Å². The summed E-state index contributed by atoms with van der Waals surface area (Å²) in [6.07, 6.45) is -4.12. The van der Waals surface area contributed by atoms with Gasteiger partial charge in [-0.15, -0.1) is 0 Å². The number of alkyl halides is 3. The van der Waals surface area contributed by atoms with Gasteiger partial charge in [-0.1, -0.05) is 24.3 Å². The quantitative estimate of drug-likeness (QED) is 0.798. The Kier molecular flexibility index (Phi) is 5.07. The zero-order valence-electron chi connectivity index (χ0n) is 14.0. The fourth-order valence-corrected chi connectivity index (χ4v) is 2.95. The van der Waals surface area contributed by atoms with E-state index in [2.05, 4.69) is 5.32 Å². The lowest BCUT2D eigenvalue weighted by Gasteiger charge is -2.12. The molecule has 1 amide bonds. The van der Waals surface area contributed by atoms with Gasteiger partial charge in [0.2, 0.25) is 5.91 Å². The van der Waals surface area contributed by atoms with E-state index in [9.17, 15) is 22.8 Å². The van der Waals surface area contributed by atoms with Gasteiger partial charge in [0, 0.05) is 17.7 Å². The van der Waals surface area contributed by atoms with Crippen molar-refractivity contribution < 1.29 is 32.6 Å². The highest BCUT2D eigenvalue weighted by atomic mass is 19.4. The number of nitrogens with one attached hydrogen (secondary N) is 1. The van der Waals surface area contributed by atoms with Gasteiger partial charge >= 0.3 is 12.1 Å². The van der Waals surface area contributed by atoms with Crippen LogP contribution in [0, 0.1) is 5.92 Å². The predicted molar refractivity (Wildman–Crippen MR) is 90.5 cm³/mol. The van der Waals surface area contributed by atoms with E-state index in [0.29, 0.717) is 12.1 Å². The monoisotopic (exact) mass is 379 g/mol. The van der Waals surface area contributed by atoms with E-state index in [1.807, 2.05) is 0 Å². The van der Waals surface area contributed by atoms with Crippen LogP contribution in [0.4, 0.5) is 18.9 Å². The Bertz CT molecular complexity index is 866. The molecule has 2 aromatic carbocycles. The first kappa shape index (κ1) is 18.8. The molecule has 27 heavy (non-hydrogen) atoms. The van der Waals surface area contributed by atoms with Gasteiger partial charge in [0.05, 0.1) is 5.56 Å². The van der Waals surface area contributed by atoms with E-state index in [-0.39, 0.29) is 17.2 Å². The van der Waals surface area contributed by atoms with Crippen LogP contribution in [0.1, 0.15) is 23.5 Å². The lowest BCUT2D eigenvalue weighted by atomic mass is 10.0. The van der Waals surface area contributed by atoms with Crippen molar-refractivity contribution in [1.29, 1.82) is 0 Å². The fraction of sp³-hybridized carbons (Fsp3) is 0.263. The van der Waals surface area contributed by atoms with Crippen molar-refractivity contribution in [2.24, 2.45) is 5.92 Å². The predicted octanol–water partition coefficient (Wildman–Crippen LogP) is 3.91. The molecule has 0 aliphatic heterocycles. The molecule has 1 saturated carbocycles. The zero-order chi connectivity index (χ0) is 19.6. The molecule has 0 aromatic heterocycles. The minimum atomic E-state index is -4.46. The van der Waals surface area contributed by atoms with Crippen molar-refractivity contribution in [3.63, 3.8) is 0 Å². The van der Waals surface area contributed by atoms with Crippen LogP contribution in [0.15, 0.2) is 48.5 Å². The van der Waals surface area contributed by atoms with Gasteiger partial charge < -0.3 is 15.2 Å². The smallest absolute Gasteiger partial charge is 0.416 e. The molecular formula is C19H16F3NO4. The maximum absolute atomic E-state index is 13.1. The Morgan fingerprint density at radius 1 is 1.15 bits per heavy atom. The van der Waals surface area contributed by atoms with Gasteiger partial charge in [-0.25, -0.2) is 4.79 Å². The van der Waals surface area contributed by atoms with Gasteiger partial charge in [0.1, 0.15) is 5.75 Å². The van der Waals surface area contributed by atoms with E-state index >= 15 is 0 Å². The number of carbonyl (C=O) groups is 2. The van der Waals surface area contributed by atoms with Crippen LogP contribution < -0.4 is 10.1 Å². The van der Waals surface area contributed by atoms with Crippen molar-refractivity contribution in [2.45, 2.75) is 18.5 Å². The highest BCUT2D eigenvalue weighted by Crippen LogP contribution is 2.51. The molecule has 2 unspecified atom stereocenters. The summed E-state index contributed by atoms with van der Waals surface area (Å²) >= 11 is 0. The van der Waals surface area contributed by atoms with Crippen LogP contribution >= 0.6 is 0 Å². The summed E-state index contributed by atoms with van der Waals surface area (Å²) in [7, 11) is 0. The third kappa shape index (κ3) is 4.58. The first-order valence-electron chi connectivity index (χ1n) is 8.17. The molecule has 142 valence electrons. The molecule has 0 radical (unpaired) electrons. The van der Waals surface area contributed by atoms with Crippen LogP contribution in [0.25, 0.3) is 0 Å². The third-order valence-corrected chi connectivity index (χ3v) is 4.26. The van der Waals surface area contributed by atoms with E-state index in [1.54, 1.807) is 12.1 Å². The Morgan fingerprint density at radius 3 is 2.59 bits per heavy atom. The molecule has 0 saturated heterocycles. The van der Waals surface area contributed by atoms with Crippen molar-refractivity contribution in [3.05, 3.63) is 59.7 Å². The molecule has 1 fully saturated rings. The number of halogens is 3. The Labute approximate surface area is 152 Å². The molecule has 8 heteroatoms. The number of hydrogen-bond donors (Lipinski definition) is 2. The lowest BCUT2D eigenvalue weighted by Crippen LogP contribution is -2.16. The van der Waals surface area contributed by atoms with Gasteiger partial charge in [0.15, 0.2) is 6.61 Å². The number of rotatable bonds is 6. The zero-order valence-corrected chi connectivity index (χ0v) is 14.0. The van der Waals surface area contributed by atoms with Crippen molar-refractivity contribution in [1.82, 2.24) is 0 Å². The van der Waals surface area contributed by atoms with E-state index in [0.717, 1.165) is 6.07 Å². The van der Waals surface area contributed by atoms with Crippen LogP contribution in [-0.2, 0) is 15.8 Å². The van der Waals surface area contributed by atoms with Crippen LogP contribution in [-0.4, -0.2) is 23.6 Å². The fourth-order valence-electron chi connectivity index (χ4n) is 2.95. The number of anilines is 1. The second-order valence-corrected chi connectivity index (χ2v) is 6.23. The second kappa shape index (κ2) is 7.30. The molecule has 0 heterocycles. The minimum absolute atomic E-state index is 0.128. The summed E-state index contributed by atoms with van der Waals surface area (Å²) in [4.78, 5) is 22.9. The summed E-state index contributed by atoms with van der Waals surface area (Å²) < 4.78 is 44.4. The lowest BCUT2D eigenvalue weighted by molar-refractivity contribution is -0.139. The average Bonchev–Trinajstić information content (AvgIpc) is 3.40. The summed E-state index contributed by atoms with van der Waals surface area (Å²) in [6.45, 7) is -0.518. The number of amides is 1. The number of carboxylic acids is 1. The normalized spacial score (nSPS) is 18.6. The van der Waals surface area contributed by atoms with Crippen molar-refractivity contribution in [3.8, 4) is 5.75 Å². The molecule has 3 rings (SSSR count). The molecular weight excluding hydrogens is 363 g/mol. The third-order valence-electron chi connectivity index (χ3n) is 4.26. The summed E-state index contributed by atoms with van der Waals surface area (Å²) in [5.41, 5.74) is -0.198. The molecule has 2 N–H and O–H groups in total. The highest BCUT2D eigenvalue weighted by Gasteiger charge is 2.47. The Morgan fingerprint density at radius 2 is 1.89 bits per heavy atom. The Hall–Kier alpha value is -3.03. The van der Waals surface area contributed by atoms with Crippen molar-refractivity contribution >= 4 is 17.6 Å². The van der Waals surface area contributed by atoms with E-state index in [4.69, 9.17) is 9.84 Å². The van der Waals surface area contributed by atoms with Crippen LogP contribution in [0.5, 0.6) is 5.75 Å². The van der Waals surface area contributed by atoms with Gasteiger partial charge in [-0.05, 0) is 36.1 Å². The number of aliphatic carboxylic acids is 1. The largest absolute Gasteiger partial charge is 0.482 e. The second-order valence-electron chi connectivity index (χ2n) is 6.23. The standard InChI is InChI=1S/C19H16F3NO4/c20-19(21,22)16-7-2-1-6-13(16)14-9-15(14)18(26)23-11-4-3-5-12(8-11)27-10-17(24)25/h1-8,14-15H,9-10H2,(H,23,26)(H,24,25). The molecule has 0 bridgehead atoms. The van der Waals surface area contributed by atoms with E-state index in [1.165, 1.54) is 30.3 Å². The average molecular weight is 379 g/mol. The highest BCUT2D eigenvalue weighted by molar-refractivity contribution is 5.95. The topological polar surface area (TPSA) is 75.6 Å². The first-order chi connectivity index (χ1) is 12.8. The van der Waals surface area contributed by atoms with Gasteiger partial charge in [-0.3, -0.25) is 4.79 Å². The number of carboxylic acid groups (broad SMARTS) is 1. The first-order valence-corrected chi connectivity index (χ1v) is 8.17. The van der Waals surface area contributed by atoms with E-state index < -0.39 is 36.2 Å². The molecule has 2 aromatic rings. The molecule has 5 nitrogen and oxygen atoms in total. The molecule has 1 aliphatic carbocycles. The van der Waals surface area contributed by atoms with Crippen LogP contribution in [0.2, 0.25) is 0 Å². The summed E-state index contributed by atoms with van der Waals surface area (Å²) in [6, 6.07) is 11.4. The molecule has 0 spiro atoms. The van der Waals surface area contributed by atoms with Gasteiger partial charge in [-0.2, -0.15) is 13.2 Å². The number of carbonyl (C=O) groups excluding carboxylic acids is 1. The molecule has 1 aliphatic rings. The number of benzene rings is 2. The maximum Gasteiger partial charge on any atom is 0.416 e. The Balaban J connectivity index is 1.66. The van der Waals surface area contributed by atoms with Crippen molar-refractivity contribution in [2.75, 3.05) is 11.9 Å². The summed E-state index contributed by atoms with van der Waals surface area (Å²) in [5, 5.41) is 11.3. The van der Waals surface area contributed by atoms with Gasteiger partial charge in [0.25, 0.3) is 0 Å². The summed E-state index contributed by atoms with van der Waals surface area (Å²) in [5.74, 6) is -2.27. The molecule has 2 atom stereocenters.